The molecule has 2 rings (SSSR count). The molecule has 0 spiro atoms. The minimum atomic E-state index is -3.72. The molecule has 1 aromatic carbocycles. The van der Waals surface area contributed by atoms with E-state index in [1.54, 1.807) is 23.6 Å². The third kappa shape index (κ3) is 3.16. The predicted octanol–water partition coefficient (Wildman–Crippen LogP) is 3.95. The van der Waals surface area contributed by atoms with E-state index in [9.17, 15) is 8.42 Å². The largest absolute Gasteiger partial charge is 0.378 e. The summed E-state index contributed by atoms with van der Waals surface area (Å²) >= 11 is 1.15. The molecule has 0 fully saturated rings. The third-order valence-corrected chi connectivity index (χ3v) is 5.32. The van der Waals surface area contributed by atoms with Gasteiger partial charge in [-0.1, -0.05) is 32.0 Å². The van der Waals surface area contributed by atoms with E-state index in [4.69, 9.17) is 4.18 Å². The van der Waals surface area contributed by atoms with E-state index in [0.717, 1.165) is 22.5 Å². The van der Waals surface area contributed by atoms with Gasteiger partial charge in [-0.15, -0.1) is 11.3 Å². The zero-order valence-corrected chi connectivity index (χ0v) is 12.7. The van der Waals surface area contributed by atoms with Gasteiger partial charge >= 0.3 is 10.1 Å². The molecule has 0 unspecified atom stereocenters. The molecule has 102 valence electrons. The van der Waals surface area contributed by atoms with Gasteiger partial charge < -0.3 is 4.18 Å². The number of aryl methyl sites for hydroxylation is 1. The topological polar surface area (TPSA) is 43.4 Å². The van der Waals surface area contributed by atoms with Crippen LogP contribution in [0.25, 0.3) is 0 Å². The molecule has 0 saturated heterocycles. The molecule has 1 heterocycles. The summed E-state index contributed by atoms with van der Waals surface area (Å²) in [6.07, 6.45) is 0. The predicted molar refractivity (Wildman–Crippen MR) is 77.4 cm³/mol. The van der Waals surface area contributed by atoms with Gasteiger partial charge in [0.05, 0.1) is 0 Å². The maximum absolute atomic E-state index is 12.1. The Bertz CT molecular complexity index is 656. The Hall–Kier alpha value is -1.33. The van der Waals surface area contributed by atoms with E-state index in [2.05, 4.69) is 0 Å². The monoisotopic (exact) mass is 296 g/mol. The summed E-state index contributed by atoms with van der Waals surface area (Å²) < 4.78 is 29.8. The van der Waals surface area contributed by atoms with Gasteiger partial charge in [-0.25, -0.2) is 0 Å². The summed E-state index contributed by atoms with van der Waals surface area (Å²) in [6.45, 7) is 5.93. The van der Waals surface area contributed by atoms with Gasteiger partial charge in [-0.05, 0) is 41.5 Å². The molecule has 0 atom stereocenters. The van der Waals surface area contributed by atoms with Crippen molar-refractivity contribution in [1.29, 1.82) is 0 Å². The molecule has 0 saturated carbocycles. The molecule has 2 aromatic rings. The van der Waals surface area contributed by atoms with Gasteiger partial charge in [0.1, 0.15) is 5.75 Å². The summed E-state index contributed by atoms with van der Waals surface area (Å²) in [5, 5.41) is 1.72. The van der Waals surface area contributed by atoms with Crippen LogP contribution in [0.4, 0.5) is 0 Å². The average Bonchev–Trinajstić information content (AvgIpc) is 2.81. The van der Waals surface area contributed by atoms with E-state index in [-0.39, 0.29) is 10.1 Å². The van der Waals surface area contributed by atoms with Crippen LogP contribution in [0.5, 0.6) is 5.75 Å². The number of benzene rings is 1. The van der Waals surface area contributed by atoms with Gasteiger partial charge in [0.15, 0.2) is 4.21 Å². The van der Waals surface area contributed by atoms with Gasteiger partial charge in [-0.3, -0.25) is 0 Å². The van der Waals surface area contributed by atoms with E-state index in [1.165, 1.54) is 0 Å². The zero-order valence-electron chi connectivity index (χ0n) is 11.1. The average molecular weight is 296 g/mol. The van der Waals surface area contributed by atoms with Crippen LogP contribution < -0.4 is 4.18 Å². The lowest BCUT2D eigenvalue weighted by Gasteiger charge is -2.13. The Morgan fingerprint density at radius 2 is 1.95 bits per heavy atom. The Balaban J connectivity index is 2.41. The molecule has 0 aliphatic heterocycles. The highest BCUT2D eigenvalue weighted by Crippen LogP contribution is 2.30. The van der Waals surface area contributed by atoms with Crippen LogP contribution in [0, 0.1) is 6.92 Å². The van der Waals surface area contributed by atoms with E-state index in [1.807, 2.05) is 32.9 Å². The molecule has 19 heavy (non-hydrogen) atoms. The number of thiophene rings is 1. The van der Waals surface area contributed by atoms with Crippen molar-refractivity contribution in [3.8, 4) is 5.75 Å². The number of rotatable bonds is 4. The standard InChI is InChI=1S/C14H16O3S2/c1-10(2)12-7-6-11(3)9-13(12)17-19(15,16)14-5-4-8-18-14/h4-10H,1-3H3. The molecule has 0 radical (unpaired) electrons. The van der Waals surface area contributed by atoms with Crippen molar-refractivity contribution in [1.82, 2.24) is 0 Å². The van der Waals surface area contributed by atoms with E-state index < -0.39 is 10.1 Å². The quantitative estimate of drug-likeness (QED) is 0.802. The summed E-state index contributed by atoms with van der Waals surface area (Å²) in [5.74, 6) is 0.623. The lowest BCUT2D eigenvalue weighted by Crippen LogP contribution is -2.10. The molecule has 1 aromatic heterocycles. The molecular formula is C14H16O3S2. The second-order valence-corrected chi connectivity index (χ2v) is 7.39. The second kappa shape index (κ2) is 5.35. The van der Waals surface area contributed by atoms with E-state index >= 15 is 0 Å². The van der Waals surface area contributed by atoms with Crippen molar-refractivity contribution in [3.63, 3.8) is 0 Å². The van der Waals surface area contributed by atoms with Crippen LogP contribution in [-0.2, 0) is 10.1 Å². The molecule has 0 N–H and O–H groups in total. The lowest BCUT2D eigenvalue weighted by atomic mass is 10.0. The van der Waals surface area contributed by atoms with Crippen LogP contribution >= 0.6 is 11.3 Å². The molecule has 0 aliphatic rings. The molecule has 0 aliphatic carbocycles. The molecule has 3 nitrogen and oxygen atoms in total. The van der Waals surface area contributed by atoms with Crippen molar-refractivity contribution in [2.75, 3.05) is 0 Å². The number of hydrogen-bond donors (Lipinski definition) is 0. The first-order chi connectivity index (χ1) is 8.90. The first-order valence-corrected chi connectivity index (χ1v) is 8.27. The molecule has 5 heteroatoms. The van der Waals surface area contributed by atoms with Crippen LogP contribution in [0.1, 0.15) is 30.9 Å². The van der Waals surface area contributed by atoms with Crippen LogP contribution in [-0.4, -0.2) is 8.42 Å². The molecule has 0 bridgehead atoms. The van der Waals surface area contributed by atoms with E-state index in [0.29, 0.717) is 5.75 Å². The first-order valence-electron chi connectivity index (χ1n) is 5.98. The molecule has 0 amide bonds. The van der Waals surface area contributed by atoms with Crippen LogP contribution in [0.3, 0.4) is 0 Å². The summed E-state index contributed by atoms with van der Waals surface area (Å²) in [6, 6.07) is 8.88. The van der Waals surface area contributed by atoms with Crippen molar-refractivity contribution in [3.05, 3.63) is 46.8 Å². The zero-order chi connectivity index (χ0) is 14.0. The summed E-state index contributed by atoms with van der Waals surface area (Å²) in [5.41, 5.74) is 1.87. The Labute approximate surface area is 118 Å². The molecular weight excluding hydrogens is 280 g/mol. The maximum atomic E-state index is 12.1. The van der Waals surface area contributed by atoms with Gasteiger partial charge in [0.2, 0.25) is 0 Å². The lowest BCUT2D eigenvalue weighted by molar-refractivity contribution is 0.483. The summed E-state index contributed by atoms with van der Waals surface area (Å²) in [7, 11) is -3.72. The fourth-order valence-electron chi connectivity index (χ4n) is 1.76. The summed E-state index contributed by atoms with van der Waals surface area (Å²) in [4.78, 5) is 0. The van der Waals surface area contributed by atoms with Crippen molar-refractivity contribution in [2.45, 2.75) is 30.9 Å². The third-order valence-electron chi connectivity index (χ3n) is 2.73. The van der Waals surface area contributed by atoms with Gasteiger partial charge in [0, 0.05) is 0 Å². The van der Waals surface area contributed by atoms with Crippen molar-refractivity contribution < 1.29 is 12.6 Å². The highest BCUT2D eigenvalue weighted by Gasteiger charge is 2.20. The van der Waals surface area contributed by atoms with Crippen LogP contribution in [0.15, 0.2) is 39.9 Å². The number of hydrogen-bond acceptors (Lipinski definition) is 4. The minimum Gasteiger partial charge on any atom is -0.378 e. The van der Waals surface area contributed by atoms with Gasteiger partial charge in [-0.2, -0.15) is 8.42 Å². The van der Waals surface area contributed by atoms with Crippen molar-refractivity contribution in [2.24, 2.45) is 0 Å². The Morgan fingerprint density at radius 1 is 1.21 bits per heavy atom. The fourth-order valence-corrected chi connectivity index (χ4v) is 3.65. The van der Waals surface area contributed by atoms with Crippen molar-refractivity contribution >= 4 is 21.5 Å². The maximum Gasteiger partial charge on any atom is 0.348 e. The van der Waals surface area contributed by atoms with Crippen LogP contribution in [0.2, 0.25) is 0 Å². The Morgan fingerprint density at radius 3 is 2.53 bits per heavy atom. The highest BCUT2D eigenvalue weighted by molar-refractivity contribution is 7.89. The SMILES string of the molecule is Cc1ccc(C(C)C)c(OS(=O)(=O)c2cccs2)c1. The minimum absolute atomic E-state index is 0.203. The fraction of sp³-hybridized carbons (Fsp3) is 0.286. The second-order valence-electron chi connectivity index (χ2n) is 4.67. The Kier molecular flexibility index (Phi) is 3.96. The smallest absolute Gasteiger partial charge is 0.348 e. The first kappa shape index (κ1) is 14.1. The normalized spacial score (nSPS) is 11.8. The van der Waals surface area contributed by atoms with Gasteiger partial charge in [0.25, 0.3) is 0 Å². The highest BCUT2D eigenvalue weighted by atomic mass is 32.3.